The van der Waals surface area contributed by atoms with E-state index in [0.717, 1.165) is 0 Å². The maximum Gasteiger partial charge on any atom is 0.335 e. The van der Waals surface area contributed by atoms with E-state index in [0.29, 0.717) is 10.9 Å². The fourth-order valence-corrected chi connectivity index (χ4v) is 2.14. The molecule has 7 heteroatoms. The molecule has 0 aliphatic carbocycles. The summed E-state index contributed by atoms with van der Waals surface area (Å²) >= 11 is 0. The minimum Gasteiger partial charge on any atom is -0.495 e. The number of benzene rings is 1. The number of methoxy groups -OCH3 is 1. The van der Waals surface area contributed by atoms with Crippen molar-refractivity contribution in [3.05, 3.63) is 40.2 Å². The molecule has 0 amide bonds. The van der Waals surface area contributed by atoms with E-state index in [4.69, 9.17) is 14.9 Å². The smallest absolute Gasteiger partial charge is 0.335 e. The van der Waals surface area contributed by atoms with Crippen LogP contribution in [-0.4, -0.2) is 45.7 Å². The van der Waals surface area contributed by atoms with Crippen LogP contribution < -0.4 is 10.3 Å². The zero-order valence-corrected chi connectivity index (χ0v) is 11.3. The van der Waals surface area contributed by atoms with Gasteiger partial charge in [-0.25, -0.2) is 4.79 Å². The van der Waals surface area contributed by atoms with Crippen LogP contribution in [0.2, 0.25) is 0 Å². The Morgan fingerprint density at radius 2 is 2.10 bits per heavy atom. The molecule has 3 N–H and O–H groups in total. The third-order valence-electron chi connectivity index (χ3n) is 3.12. The van der Waals surface area contributed by atoms with Crippen molar-refractivity contribution in [2.24, 2.45) is 0 Å². The minimum absolute atomic E-state index is 0.0345. The second kappa shape index (κ2) is 5.94. The number of aliphatic hydroxyl groups excluding tert-OH is 2. The van der Waals surface area contributed by atoms with E-state index < -0.39 is 18.7 Å². The monoisotopic (exact) mass is 293 g/mol. The Labute approximate surface area is 119 Å². The average Bonchev–Trinajstić information content (AvgIpc) is 2.48. The van der Waals surface area contributed by atoms with Gasteiger partial charge in [0.15, 0.2) is 0 Å². The summed E-state index contributed by atoms with van der Waals surface area (Å²) in [5.41, 5.74) is 0.0335. The maximum atomic E-state index is 12.0. The molecule has 0 spiro atoms. The van der Waals surface area contributed by atoms with Gasteiger partial charge in [0.2, 0.25) is 0 Å². The van der Waals surface area contributed by atoms with Crippen molar-refractivity contribution < 1.29 is 24.9 Å². The molecule has 0 saturated carbocycles. The lowest BCUT2D eigenvalue weighted by atomic mass is 10.1. The predicted molar refractivity (Wildman–Crippen MR) is 74.8 cm³/mol. The van der Waals surface area contributed by atoms with Crippen molar-refractivity contribution in [2.45, 2.75) is 12.6 Å². The lowest BCUT2D eigenvalue weighted by molar-refractivity contribution is 0.0696. The molecule has 1 aromatic carbocycles. The number of carboxylic acid groups (broad SMARTS) is 1. The van der Waals surface area contributed by atoms with Crippen LogP contribution in [0, 0.1) is 0 Å². The number of carboxylic acids is 1. The highest BCUT2D eigenvalue weighted by molar-refractivity contribution is 5.96. The Bertz CT molecular complexity index is 736. The topological polar surface area (TPSA) is 109 Å². The lowest BCUT2D eigenvalue weighted by Gasteiger charge is -2.16. The number of fused-ring (bicyclic) bond motifs is 1. The Kier molecular flexibility index (Phi) is 4.25. The predicted octanol–water partition coefficient (Wildman–Crippen LogP) is 0.0615. The summed E-state index contributed by atoms with van der Waals surface area (Å²) in [4.78, 5) is 23.1. The van der Waals surface area contributed by atoms with Gasteiger partial charge in [0.1, 0.15) is 5.75 Å². The van der Waals surface area contributed by atoms with Gasteiger partial charge in [-0.3, -0.25) is 4.79 Å². The van der Waals surface area contributed by atoms with Gasteiger partial charge in [0.25, 0.3) is 5.56 Å². The number of aromatic carboxylic acids is 1. The van der Waals surface area contributed by atoms with Crippen LogP contribution >= 0.6 is 0 Å². The van der Waals surface area contributed by atoms with Crippen molar-refractivity contribution >= 4 is 16.9 Å². The van der Waals surface area contributed by atoms with Gasteiger partial charge in [0.05, 0.1) is 37.4 Å². The van der Waals surface area contributed by atoms with Gasteiger partial charge in [-0.15, -0.1) is 0 Å². The normalized spacial score (nSPS) is 12.3. The Morgan fingerprint density at radius 3 is 2.67 bits per heavy atom. The number of aliphatic hydroxyl groups is 2. The highest BCUT2D eigenvalue weighted by atomic mass is 16.5. The fourth-order valence-electron chi connectivity index (χ4n) is 2.14. The number of rotatable bonds is 5. The summed E-state index contributed by atoms with van der Waals surface area (Å²) in [6.45, 7) is -0.603. The number of nitrogens with zero attached hydrogens (tertiary/aromatic N) is 1. The van der Waals surface area contributed by atoms with Crippen LogP contribution in [-0.2, 0) is 6.54 Å². The van der Waals surface area contributed by atoms with Crippen LogP contribution in [0.25, 0.3) is 10.9 Å². The van der Waals surface area contributed by atoms with Crippen LogP contribution in [0.1, 0.15) is 10.4 Å². The largest absolute Gasteiger partial charge is 0.495 e. The first-order chi connectivity index (χ1) is 9.97. The molecule has 0 bridgehead atoms. The number of ether oxygens (including phenoxy) is 1. The first kappa shape index (κ1) is 15.0. The van der Waals surface area contributed by atoms with E-state index in [1.165, 1.54) is 35.9 Å². The molecule has 112 valence electrons. The lowest BCUT2D eigenvalue weighted by Crippen LogP contribution is -2.28. The molecule has 2 aromatic rings. The quantitative estimate of drug-likeness (QED) is 0.719. The second-order valence-corrected chi connectivity index (χ2v) is 4.54. The Balaban J connectivity index is 2.76. The van der Waals surface area contributed by atoms with Crippen molar-refractivity contribution in [2.75, 3.05) is 13.7 Å². The summed E-state index contributed by atoms with van der Waals surface area (Å²) < 4.78 is 6.41. The molecule has 7 nitrogen and oxygen atoms in total. The van der Waals surface area contributed by atoms with Crippen molar-refractivity contribution in [3.8, 4) is 5.75 Å². The van der Waals surface area contributed by atoms with E-state index in [-0.39, 0.29) is 23.4 Å². The summed E-state index contributed by atoms with van der Waals surface area (Å²) in [5.74, 6) is -0.893. The minimum atomic E-state index is -1.11. The standard InChI is InChI=1S/C14H15NO6/c1-21-11-5-9(14(19)20)4-8-2-3-12(18)15(13(8)11)6-10(17)7-16/h2-5,10,16-17H,6-7H2,1H3,(H,19,20). The molecule has 0 aliphatic rings. The molecule has 0 radical (unpaired) electrons. The van der Waals surface area contributed by atoms with Gasteiger partial charge in [-0.1, -0.05) is 0 Å². The second-order valence-electron chi connectivity index (χ2n) is 4.54. The maximum absolute atomic E-state index is 12.0. The summed E-state index contributed by atoms with van der Waals surface area (Å²) in [5, 5.41) is 28.1. The molecule has 1 aromatic heterocycles. The zero-order valence-electron chi connectivity index (χ0n) is 11.3. The van der Waals surface area contributed by atoms with Gasteiger partial charge >= 0.3 is 5.97 Å². The summed E-state index contributed by atoms with van der Waals surface area (Å²) in [6.07, 6.45) is -1.10. The molecule has 0 fully saturated rings. The van der Waals surface area contributed by atoms with Gasteiger partial charge in [-0.2, -0.15) is 0 Å². The van der Waals surface area contributed by atoms with E-state index in [1.54, 1.807) is 0 Å². The highest BCUT2D eigenvalue weighted by Crippen LogP contribution is 2.26. The number of hydrogen-bond acceptors (Lipinski definition) is 5. The molecular formula is C14H15NO6. The molecule has 1 heterocycles. The van der Waals surface area contributed by atoms with E-state index in [9.17, 15) is 14.7 Å². The molecule has 1 unspecified atom stereocenters. The first-order valence-corrected chi connectivity index (χ1v) is 6.21. The van der Waals surface area contributed by atoms with Crippen molar-refractivity contribution in [1.82, 2.24) is 4.57 Å². The van der Waals surface area contributed by atoms with Crippen LogP contribution in [0.3, 0.4) is 0 Å². The van der Waals surface area contributed by atoms with E-state index in [2.05, 4.69) is 0 Å². The fraction of sp³-hybridized carbons (Fsp3) is 0.286. The summed E-state index contributed by atoms with van der Waals surface area (Å²) in [7, 11) is 1.37. The highest BCUT2D eigenvalue weighted by Gasteiger charge is 2.15. The average molecular weight is 293 g/mol. The zero-order chi connectivity index (χ0) is 15.6. The van der Waals surface area contributed by atoms with Crippen molar-refractivity contribution in [3.63, 3.8) is 0 Å². The van der Waals surface area contributed by atoms with Crippen LogP contribution in [0.4, 0.5) is 0 Å². The number of carbonyl (C=O) groups is 1. The number of hydrogen-bond donors (Lipinski definition) is 3. The van der Waals surface area contributed by atoms with Gasteiger partial charge < -0.3 is 24.6 Å². The Morgan fingerprint density at radius 1 is 1.38 bits per heavy atom. The van der Waals surface area contributed by atoms with Crippen molar-refractivity contribution in [1.29, 1.82) is 0 Å². The third kappa shape index (κ3) is 2.88. The van der Waals surface area contributed by atoms with E-state index >= 15 is 0 Å². The Hall–Kier alpha value is -2.38. The molecule has 0 aliphatic heterocycles. The van der Waals surface area contributed by atoms with Gasteiger partial charge in [-0.05, 0) is 18.2 Å². The molecule has 21 heavy (non-hydrogen) atoms. The van der Waals surface area contributed by atoms with E-state index in [1.807, 2.05) is 0 Å². The van der Waals surface area contributed by atoms with Crippen LogP contribution in [0.5, 0.6) is 5.75 Å². The first-order valence-electron chi connectivity index (χ1n) is 6.21. The van der Waals surface area contributed by atoms with Gasteiger partial charge in [0, 0.05) is 11.5 Å². The van der Waals surface area contributed by atoms with Crippen LogP contribution in [0.15, 0.2) is 29.1 Å². The molecule has 2 rings (SSSR count). The molecule has 0 saturated heterocycles. The molecular weight excluding hydrogens is 278 g/mol. The number of pyridine rings is 1. The SMILES string of the molecule is COc1cc(C(=O)O)cc2ccc(=O)n(CC(O)CO)c12. The third-order valence-corrected chi connectivity index (χ3v) is 3.12. The summed E-state index contributed by atoms with van der Waals surface area (Å²) in [6, 6.07) is 5.50. The number of aromatic nitrogens is 1. The molecule has 1 atom stereocenters.